The molecule has 2 rings (SSSR count). The summed E-state index contributed by atoms with van der Waals surface area (Å²) >= 11 is 6.01. The Balaban J connectivity index is 2.58. The number of halogens is 3. The molecule has 2 aromatic rings. The second kappa shape index (κ2) is 5.88. The van der Waals surface area contributed by atoms with Crippen molar-refractivity contribution in [2.24, 2.45) is 0 Å². The van der Waals surface area contributed by atoms with Crippen molar-refractivity contribution >= 4 is 32.5 Å². The second-order valence-corrected chi connectivity index (χ2v) is 7.83. The number of imidazole rings is 1. The molecule has 0 aliphatic carbocycles. The fourth-order valence-electron chi connectivity index (χ4n) is 2.08. The van der Waals surface area contributed by atoms with E-state index in [1.807, 2.05) is 0 Å². The van der Waals surface area contributed by atoms with E-state index >= 15 is 0 Å². The molecular formula is C13H15ClF2N2O2S. The first kappa shape index (κ1) is 16.2. The molecule has 4 nitrogen and oxygen atoms in total. The summed E-state index contributed by atoms with van der Waals surface area (Å²) in [7, 11) is -3.24. The van der Waals surface area contributed by atoms with E-state index in [4.69, 9.17) is 11.6 Å². The third-order valence-corrected chi connectivity index (χ3v) is 5.13. The van der Waals surface area contributed by atoms with Crippen molar-refractivity contribution in [1.82, 2.24) is 9.55 Å². The first-order valence-electron chi connectivity index (χ1n) is 6.45. The quantitative estimate of drug-likeness (QED) is 0.788. The van der Waals surface area contributed by atoms with Gasteiger partial charge in [0.25, 0.3) is 0 Å². The smallest absolute Gasteiger partial charge is 0.184 e. The minimum atomic E-state index is -3.24. The van der Waals surface area contributed by atoms with Crippen LogP contribution in [0.5, 0.6) is 0 Å². The summed E-state index contributed by atoms with van der Waals surface area (Å²) < 4.78 is 52.0. The molecule has 1 unspecified atom stereocenters. The molecule has 0 saturated heterocycles. The highest BCUT2D eigenvalue weighted by Gasteiger charge is 2.21. The lowest BCUT2D eigenvalue weighted by molar-refractivity contribution is 0.511. The van der Waals surface area contributed by atoms with Gasteiger partial charge in [-0.25, -0.2) is 22.2 Å². The van der Waals surface area contributed by atoms with Gasteiger partial charge in [-0.15, -0.1) is 11.6 Å². The molecule has 0 aliphatic rings. The van der Waals surface area contributed by atoms with Crippen LogP contribution < -0.4 is 0 Å². The number of nitrogens with zero attached hydrogens (tertiary/aromatic N) is 2. The summed E-state index contributed by atoms with van der Waals surface area (Å²) in [6.45, 7) is 3.16. The molecule has 0 radical (unpaired) electrons. The van der Waals surface area contributed by atoms with Crippen LogP contribution in [0.3, 0.4) is 0 Å². The van der Waals surface area contributed by atoms with Crippen LogP contribution in [0.15, 0.2) is 12.1 Å². The van der Waals surface area contributed by atoms with Crippen LogP contribution in [0.25, 0.3) is 11.0 Å². The molecule has 1 aromatic carbocycles. The average Bonchev–Trinajstić information content (AvgIpc) is 2.80. The van der Waals surface area contributed by atoms with Crippen molar-refractivity contribution in [2.75, 3.05) is 11.5 Å². The van der Waals surface area contributed by atoms with Crippen molar-refractivity contribution in [3.63, 3.8) is 0 Å². The number of hydrogen-bond donors (Lipinski definition) is 0. The minimum Gasteiger partial charge on any atom is -0.323 e. The maximum Gasteiger partial charge on any atom is 0.184 e. The number of alkyl halides is 1. The van der Waals surface area contributed by atoms with Crippen LogP contribution in [0.1, 0.15) is 25.0 Å². The zero-order valence-corrected chi connectivity index (χ0v) is 13.2. The Morgan fingerprint density at radius 3 is 2.62 bits per heavy atom. The van der Waals surface area contributed by atoms with E-state index in [9.17, 15) is 17.2 Å². The maximum absolute atomic E-state index is 14.0. The van der Waals surface area contributed by atoms with E-state index in [0.29, 0.717) is 5.82 Å². The predicted molar refractivity (Wildman–Crippen MR) is 78.2 cm³/mol. The fraction of sp³-hybridized carbons (Fsp3) is 0.462. The van der Waals surface area contributed by atoms with Gasteiger partial charge in [0.2, 0.25) is 0 Å². The van der Waals surface area contributed by atoms with Crippen LogP contribution in [-0.4, -0.2) is 29.5 Å². The van der Waals surface area contributed by atoms with Crippen LogP contribution >= 0.6 is 11.6 Å². The molecule has 1 atom stereocenters. The van der Waals surface area contributed by atoms with Gasteiger partial charge in [0.15, 0.2) is 21.5 Å². The number of aryl methyl sites for hydroxylation is 1. The topological polar surface area (TPSA) is 52.0 Å². The van der Waals surface area contributed by atoms with Crippen molar-refractivity contribution in [3.05, 3.63) is 29.6 Å². The van der Waals surface area contributed by atoms with Gasteiger partial charge in [-0.2, -0.15) is 0 Å². The van der Waals surface area contributed by atoms with Gasteiger partial charge >= 0.3 is 0 Å². The van der Waals surface area contributed by atoms with E-state index in [1.54, 1.807) is 6.92 Å². The molecule has 21 heavy (non-hydrogen) atoms. The highest BCUT2D eigenvalue weighted by Crippen LogP contribution is 2.27. The fourth-order valence-corrected chi connectivity index (χ4v) is 3.00. The van der Waals surface area contributed by atoms with Crippen LogP contribution in [0.4, 0.5) is 8.78 Å². The van der Waals surface area contributed by atoms with E-state index in [0.717, 1.165) is 6.07 Å². The van der Waals surface area contributed by atoms with Gasteiger partial charge in [-0.05, 0) is 19.1 Å². The molecule has 0 N–H and O–H groups in total. The summed E-state index contributed by atoms with van der Waals surface area (Å²) in [6.07, 6.45) is 0. The van der Waals surface area contributed by atoms with Gasteiger partial charge in [0.05, 0.1) is 16.6 Å². The summed E-state index contributed by atoms with van der Waals surface area (Å²) in [4.78, 5) is 4.17. The van der Waals surface area contributed by atoms with Gasteiger partial charge in [-0.1, -0.05) is 6.92 Å². The lowest BCUT2D eigenvalue weighted by atomic mass is 10.3. The number of benzene rings is 1. The number of hydrogen-bond acceptors (Lipinski definition) is 3. The average molecular weight is 337 g/mol. The molecule has 0 fully saturated rings. The Bertz CT molecular complexity index is 772. The van der Waals surface area contributed by atoms with Crippen LogP contribution in [0, 0.1) is 11.6 Å². The molecular weight excluding hydrogens is 322 g/mol. The number of fused-ring (bicyclic) bond motifs is 1. The summed E-state index contributed by atoms with van der Waals surface area (Å²) in [6, 6.07) is 2.34. The molecule has 0 amide bonds. The summed E-state index contributed by atoms with van der Waals surface area (Å²) in [5, 5.41) is -0.552. The molecule has 0 bridgehead atoms. The molecule has 1 aromatic heterocycles. The molecule has 0 saturated carbocycles. The Hall–Kier alpha value is -1.21. The highest BCUT2D eigenvalue weighted by molar-refractivity contribution is 7.91. The Kier molecular flexibility index (Phi) is 4.53. The largest absolute Gasteiger partial charge is 0.323 e. The van der Waals surface area contributed by atoms with Gasteiger partial charge in [0, 0.05) is 12.3 Å². The van der Waals surface area contributed by atoms with E-state index in [1.165, 1.54) is 17.6 Å². The Morgan fingerprint density at radius 1 is 1.38 bits per heavy atom. The second-order valence-electron chi connectivity index (χ2n) is 4.70. The Morgan fingerprint density at radius 2 is 2.05 bits per heavy atom. The van der Waals surface area contributed by atoms with E-state index in [2.05, 4.69) is 4.98 Å². The molecule has 8 heteroatoms. The summed E-state index contributed by atoms with van der Waals surface area (Å²) in [5.41, 5.74) is 0.203. The normalized spacial score (nSPS) is 13.8. The molecule has 1 heterocycles. The number of aromatic nitrogens is 2. The van der Waals surface area contributed by atoms with Crippen LogP contribution in [0.2, 0.25) is 0 Å². The standard InChI is InChI=1S/C13H15ClF2N2O2S/c1-3-21(19,20)7-6-18-12-10(17-13(18)8(2)14)5-4-9(15)11(12)16/h4-5,8H,3,6-7H2,1-2H3. The monoisotopic (exact) mass is 336 g/mol. The maximum atomic E-state index is 14.0. The minimum absolute atomic E-state index is 0.0117. The molecule has 0 aliphatic heterocycles. The molecule has 0 spiro atoms. The van der Waals surface area contributed by atoms with Crippen molar-refractivity contribution in [2.45, 2.75) is 25.8 Å². The Labute approximate surface area is 126 Å². The van der Waals surface area contributed by atoms with Gasteiger partial charge in [0.1, 0.15) is 11.3 Å². The zero-order chi connectivity index (χ0) is 15.8. The lowest BCUT2D eigenvalue weighted by Gasteiger charge is -2.11. The number of rotatable bonds is 5. The first-order chi connectivity index (χ1) is 9.76. The van der Waals surface area contributed by atoms with Gasteiger partial charge < -0.3 is 4.57 Å². The van der Waals surface area contributed by atoms with E-state index < -0.39 is 26.8 Å². The van der Waals surface area contributed by atoms with Crippen molar-refractivity contribution < 1.29 is 17.2 Å². The summed E-state index contributed by atoms with van der Waals surface area (Å²) in [5.74, 6) is -1.92. The van der Waals surface area contributed by atoms with E-state index in [-0.39, 0.29) is 29.1 Å². The first-order valence-corrected chi connectivity index (χ1v) is 8.71. The lowest BCUT2D eigenvalue weighted by Crippen LogP contribution is -2.16. The highest BCUT2D eigenvalue weighted by atomic mass is 35.5. The SMILES string of the molecule is CCS(=O)(=O)CCn1c(C(C)Cl)nc2ccc(F)c(F)c21. The van der Waals surface area contributed by atoms with Gasteiger partial charge in [-0.3, -0.25) is 0 Å². The van der Waals surface area contributed by atoms with Crippen LogP contribution in [-0.2, 0) is 16.4 Å². The third-order valence-electron chi connectivity index (χ3n) is 3.25. The third kappa shape index (κ3) is 3.18. The predicted octanol–water partition coefficient (Wildman–Crippen LogP) is 3.05. The number of sulfone groups is 1. The van der Waals surface area contributed by atoms with Crippen molar-refractivity contribution in [1.29, 1.82) is 0 Å². The molecule has 116 valence electrons. The van der Waals surface area contributed by atoms with Crippen molar-refractivity contribution in [3.8, 4) is 0 Å². The zero-order valence-electron chi connectivity index (χ0n) is 11.6.